The molecule has 1 atom stereocenters. The molecule has 1 heterocycles. The van der Waals surface area contributed by atoms with E-state index in [2.05, 4.69) is 16.0 Å². The fourth-order valence-corrected chi connectivity index (χ4v) is 2.39. The van der Waals surface area contributed by atoms with Crippen molar-refractivity contribution in [2.24, 2.45) is 11.5 Å². The number of aldehydes is 1. The van der Waals surface area contributed by atoms with Gasteiger partial charge < -0.3 is 31.4 Å². The molecule has 6 N–H and O–H groups in total. The SMILES string of the molecule is C/C(N)=C(\C(=O)NC(C)(C=O)CO)c1cc(OCc2c(F)cccc2F)ccn1.CN. The first kappa shape index (κ1) is 25.7. The summed E-state index contributed by atoms with van der Waals surface area (Å²) in [6, 6.07) is 6.31. The Morgan fingerprint density at radius 2 is 1.90 bits per heavy atom. The Bertz CT molecular complexity index is 928. The number of carbonyl (C=O) groups excluding carboxylic acids is 2. The monoisotopic (exact) mass is 436 g/mol. The Balaban J connectivity index is 0.00000233. The average molecular weight is 436 g/mol. The first-order valence-corrected chi connectivity index (χ1v) is 9.16. The number of benzene rings is 1. The molecule has 10 heteroatoms. The van der Waals surface area contributed by atoms with Crippen LogP contribution in [0.2, 0.25) is 0 Å². The summed E-state index contributed by atoms with van der Waals surface area (Å²) in [6.07, 6.45) is 1.74. The third-order valence-electron chi connectivity index (χ3n) is 4.04. The van der Waals surface area contributed by atoms with E-state index in [1.807, 2.05) is 0 Å². The zero-order chi connectivity index (χ0) is 23.6. The minimum atomic E-state index is -1.49. The summed E-state index contributed by atoms with van der Waals surface area (Å²) in [5.41, 5.74) is 8.79. The van der Waals surface area contributed by atoms with Gasteiger partial charge in [-0.15, -0.1) is 0 Å². The number of hydrogen-bond donors (Lipinski definition) is 4. The molecule has 31 heavy (non-hydrogen) atoms. The van der Waals surface area contributed by atoms with Crippen molar-refractivity contribution in [1.29, 1.82) is 0 Å². The van der Waals surface area contributed by atoms with Crippen molar-refractivity contribution in [2.45, 2.75) is 26.0 Å². The molecule has 0 bridgehead atoms. The highest BCUT2D eigenvalue weighted by Crippen LogP contribution is 2.22. The lowest BCUT2D eigenvalue weighted by molar-refractivity contribution is -0.123. The van der Waals surface area contributed by atoms with Gasteiger partial charge in [-0.2, -0.15) is 0 Å². The van der Waals surface area contributed by atoms with Gasteiger partial charge in [0.15, 0.2) is 0 Å². The molecule has 1 aromatic carbocycles. The molecule has 0 aliphatic heterocycles. The summed E-state index contributed by atoms with van der Waals surface area (Å²) in [4.78, 5) is 27.8. The van der Waals surface area contributed by atoms with Gasteiger partial charge in [0.05, 0.1) is 23.4 Å². The number of ether oxygens (including phenoxy) is 1. The Labute approximate surface area is 178 Å². The van der Waals surface area contributed by atoms with E-state index >= 15 is 0 Å². The van der Waals surface area contributed by atoms with Crippen LogP contribution in [0, 0.1) is 11.6 Å². The molecular weight excluding hydrogens is 410 g/mol. The second-order valence-corrected chi connectivity index (χ2v) is 6.57. The van der Waals surface area contributed by atoms with Crippen LogP contribution in [0.5, 0.6) is 5.75 Å². The predicted molar refractivity (Wildman–Crippen MR) is 112 cm³/mol. The number of hydrogen-bond acceptors (Lipinski definition) is 7. The number of rotatable bonds is 8. The summed E-state index contributed by atoms with van der Waals surface area (Å²) in [5.74, 6) is -2.01. The summed E-state index contributed by atoms with van der Waals surface area (Å²) in [6.45, 7) is 1.83. The van der Waals surface area contributed by atoms with Gasteiger partial charge in [0, 0.05) is 18.0 Å². The van der Waals surface area contributed by atoms with Crippen LogP contribution in [0.25, 0.3) is 5.57 Å². The molecule has 1 unspecified atom stereocenters. The van der Waals surface area contributed by atoms with Crippen LogP contribution in [0.4, 0.5) is 8.78 Å². The van der Waals surface area contributed by atoms with Crippen LogP contribution in [-0.4, -0.2) is 41.5 Å². The summed E-state index contributed by atoms with van der Waals surface area (Å²) < 4.78 is 32.9. The highest BCUT2D eigenvalue weighted by atomic mass is 19.1. The second-order valence-electron chi connectivity index (χ2n) is 6.57. The van der Waals surface area contributed by atoms with Crippen LogP contribution < -0.4 is 21.5 Å². The molecule has 1 aromatic heterocycles. The maximum atomic E-state index is 13.7. The molecule has 0 radical (unpaired) electrons. The standard InChI is InChI=1S/C20H21F2N3O4.CH5N/c1-12(23)18(19(28)25-20(2,10-26)11-27)17-8-13(6-7-24-17)29-9-14-15(21)4-3-5-16(14)22;1-2/h3-8,10,27H,9,11,23H2,1-2H3,(H,25,28);2H2,1H3/b18-12+;. The van der Waals surface area contributed by atoms with Crippen LogP contribution in [0.15, 0.2) is 42.2 Å². The zero-order valence-corrected chi connectivity index (χ0v) is 17.5. The van der Waals surface area contributed by atoms with Gasteiger partial charge in [-0.1, -0.05) is 6.07 Å². The molecule has 2 rings (SSSR count). The molecule has 1 amide bonds. The van der Waals surface area contributed by atoms with Crippen molar-refractivity contribution >= 4 is 17.8 Å². The molecule has 0 saturated heterocycles. The highest BCUT2D eigenvalue weighted by molar-refractivity contribution is 6.20. The van der Waals surface area contributed by atoms with Crippen molar-refractivity contribution in [3.63, 3.8) is 0 Å². The van der Waals surface area contributed by atoms with Crippen LogP contribution in [-0.2, 0) is 16.2 Å². The van der Waals surface area contributed by atoms with Gasteiger partial charge in [-0.3, -0.25) is 9.78 Å². The third-order valence-corrected chi connectivity index (χ3v) is 4.04. The molecule has 0 fully saturated rings. The number of aliphatic hydroxyl groups excluding tert-OH is 1. The Kier molecular flexibility index (Phi) is 9.71. The van der Waals surface area contributed by atoms with E-state index in [-0.39, 0.29) is 34.9 Å². The number of carbonyl (C=O) groups is 2. The van der Waals surface area contributed by atoms with E-state index in [4.69, 9.17) is 10.5 Å². The van der Waals surface area contributed by atoms with E-state index in [0.29, 0.717) is 6.29 Å². The summed E-state index contributed by atoms with van der Waals surface area (Å²) in [5, 5.41) is 11.7. The van der Waals surface area contributed by atoms with Crippen molar-refractivity contribution in [2.75, 3.05) is 13.7 Å². The lowest BCUT2D eigenvalue weighted by Crippen LogP contribution is -2.50. The molecule has 0 spiro atoms. The van der Waals surface area contributed by atoms with Gasteiger partial charge in [0.25, 0.3) is 5.91 Å². The van der Waals surface area contributed by atoms with Crippen LogP contribution >= 0.6 is 0 Å². The van der Waals surface area contributed by atoms with Crippen molar-refractivity contribution < 1.29 is 28.2 Å². The number of amides is 1. The lowest BCUT2D eigenvalue weighted by atomic mass is 10.0. The maximum Gasteiger partial charge on any atom is 0.256 e. The van der Waals surface area contributed by atoms with E-state index < -0.39 is 29.7 Å². The number of nitrogens with two attached hydrogens (primary N) is 2. The second kappa shape index (κ2) is 11.7. The maximum absolute atomic E-state index is 13.7. The topological polar surface area (TPSA) is 141 Å². The number of pyridine rings is 1. The lowest BCUT2D eigenvalue weighted by Gasteiger charge is -2.23. The molecule has 8 nitrogen and oxygen atoms in total. The van der Waals surface area contributed by atoms with E-state index in [0.717, 1.165) is 12.1 Å². The van der Waals surface area contributed by atoms with Gasteiger partial charge >= 0.3 is 0 Å². The van der Waals surface area contributed by atoms with E-state index in [1.165, 1.54) is 45.3 Å². The predicted octanol–water partition coefficient (Wildman–Crippen LogP) is 1.27. The van der Waals surface area contributed by atoms with E-state index in [9.17, 15) is 23.5 Å². The molecule has 0 aliphatic carbocycles. The number of aliphatic hydroxyl groups is 1. The summed E-state index contributed by atoms with van der Waals surface area (Å²) >= 11 is 0. The number of halogens is 2. The third kappa shape index (κ3) is 6.83. The molecule has 168 valence electrons. The van der Waals surface area contributed by atoms with Crippen molar-refractivity contribution in [3.05, 3.63) is 65.1 Å². The first-order valence-electron chi connectivity index (χ1n) is 9.16. The fourth-order valence-electron chi connectivity index (χ4n) is 2.39. The highest BCUT2D eigenvalue weighted by Gasteiger charge is 2.28. The van der Waals surface area contributed by atoms with Gasteiger partial charge in [0.1, 0.15) is 35.8 Å². The van der Waals surface area contributed by atoms with Gasteiger partial charge in [0.2, 0.25) is 0 Å². The Morgan fingerprint density at radius 3 is 2.42 bits per heavy atom. The van der Waals surface area contributed by atoms with Gasteiger partial charge in [-0.05, 0) is 39.1 Å². The van der Waals surface area contributed by atoms with Crippen molar-refractivity contribution in [1.82, 2.24) is 10.3 Å². The van der Waals surface area contributed by atoms with Crippen LogP contribution in [0.1, 0.15) is 25.1 Å². The quantitative estimate of drug-likeness (QED) is 0.361. The zero-order valence-electron chi connectivity index (χ0n) is 17.5. The normalized spacial score (nSPS) is 13.1. The van der Waals surface area contributed by atoms with Crippen molar-refractivity contribution in [3.8, 4) is 5.75 Å². The molecule has 2 aromatic rings. The molecule has 0 saturated carbocycles. The van der Waals surface area contributed by atoms with Gasteiger partial charge in [-0.25, -0.2) is 8.78 Å². The van der Waals surface area contributed by atoms with E-state index in [1.54, 1.807) is 0 Å². The number of nitrogens with one attached hydrogen (secondary N) is 1. The molecule has 0 aliphatic rings. The largest absolute Gasteiger partial charge is 0.489 e. The summed E-state index contributed by atoms with van der Waals surface area (Å²) in [7, 11) is 1.50. The number of allylic oxidation sites excluding steroid dienone is 1. The smallest absolute Gasteiger partial charge is 0.256 e. The Morgan fingerprint density at radius 1 is 1.29 bits per heavy atom. The minimum absolute atomic E-state index is 0.0333. The first-order chi connectivity index (χ1) is 14.7. The number of aromatic nitrogens is 1. The number of nitrogens with zero attached hydrogens (tertiary/aromatic N) is 1. The van der Waals surface area contributed by atoms with Crippen LogP contribution in [0.3, 0.4) is 0 Å². The molecular formula is C21H26F2N4O4. The fraction of sp³-hybridized carbons (Fsp3) is 0.286. The Hall–Kier alpha value is -3.37. The minimum Gasteiger partial charge on any atom is -0.489 e. The average Bonchev–Trinajstić information content (AvgIpc) is 2.75.